The van der Waals surface area contributed by atoms with Gasteiger partial charge in [0.25, 0.3) is 0 Å². The van der Waals surface area contributed by atoms with Crippen LogP contribution in [0.15, 0.2) is 54.6 Å². The lowest BCUT2D eigenvalue weighted by Crippen LogP contribution is -2.35. The second kappa shape index (κ2) is 6.10. The average molecular weight is 266 g/mol. The molecule has 1 aliphatic rings. The molecule has 2 aromatic carbocycles. The summed E-state index contributed by atoms with van der Waals surface area (Å²) < 4.78 is 0. The van der Waals surface area contributed by atoms with Crippen LogP contribution in [0.2, 0.25) is 0 Å². The lowest BCUT2D eigenvalue weighted by atomic mass is 9.90. The van der Waals surface area contributed by atoms with Crippen LogP contribution in [0.25, 0.3) is 0 Å². The highest BCUT2D eigenvalue weighted by atomic mass is 15.1. The molecule has 1 saturated heterocycles. The van der Waals surface area contributed by atoms with E-state index in [2.05, 4.69) is 59.5 Å². The lowest BCUT2D eigenvalue weighted by molar-refractivity contribution is 0.509. The van der Waals surface area contributed by atoms with Gasteiger partial charge in [0.1, 0.15) is 0 Å². The van der Waals surface area contributed by atoms with Gasteiger partial charge in [-0.05, 0) is 30.0 Å². The number of rotatable bonds is 3. The zero-order chi connectivity index (χ0) is 13.8. The van der Waals surface area contributed by atoms with E-state index >= 15 is 0 Å². The van der Waals surface area contributed by atoms with Crippen LogP contribution in [0.4, 0.5) is 5.69 Å². The van der Waals surface area contributed by atoms with Crippen LogP contribution in [0.1, 0.15) is 29.9 Å². The minimum atomic E-state index is 0.614. The van der Waals surface area contributed by atoms with Gasteiger partial charge < -0.3 is 10.6 Å². The van der Waals surface area contributed by atoms with Crippen molar-refractivity contribution in [3.63, 3.8) is 0 Å². The molecule has 1 unspecified atom stereocenters. The van der Waals surface area contributed by atoms with Gasteiger partial charge in [0.2, 0.25) is 0 Å². The summed E-state index contributed by atoms with van der Waals surface area (Å²) in [5.74, 6) is 0.635. The Balaban J connectivity index is 1.82. The fourth-order valence-corrected chi connectivity index (χ4v) is 3.19. The molecule has 0 saturated carbocycles. The Morgan fingerprint density at radius 3 is 2.55 bits per heavy atom. The van der Waals surface area contributed by atoms with E-state index in [9.17, 15) is 0 Å². The molecule has 1 fully saturated rings. The van der Waals surface area contributed by atoms with Crippen molar-refractivity contribution in [2.45, 2.75) is 25.3 Å². The fourth-order valence-electron chi connectivity index (χ4n) is 3.19. The molecule has 0 aromatic heterocycles. The van der Waals surface area contributed by atoms with Crippen molar-refractivity contribution in [3.05, 3.63) is 65.7 Å². The molecule has 1 heterocycles. The Morgan fingerprint density at radius 1 is 1.00 bits per heavy atom. The molecular formula is C18H22N2. The van der Waals surface area contributed by atoms with Crippen LogP contribution in [0, 0.1) is 0 Å². The number of nitrogens with zero attached hydrogens (tertiary/aromatic N) is 1. The Hall–Kier alpha value is -1.80. The maximum atomic E-state index is 5.88. The monoisotopic (exact) mass is 266 g/mol. The molecule has 20 heavy (non-hydrogen) atoms. The van der Waals surface area contributed by atoms with E-state index in [1.54, 1.807) is 0 Å². The molecule has 2 heteroatoms. The van der Waals surface area contributed by atoms with Crippen molar-refractivity contribution < 1.29 is 0 Å². The number of anilines is 1. The second-order valence-electron chi connectivity index (χ2n) is 5.53. The Morgan fingerprint density at radius 2 is 1.75 bits per heavy atom. The van der Waals surface area contributed by atoms with E-state index in [0.717, 1.165) is 13.1 Å². The highest BCUT2D eigenvalue weighted by Gasteiger charge is 2.22. The van der Waals surface area contributed by atoms with Crippen molar-refractivity contribution in [2.75, 3.05) is 18.0 Å². The van der Waals surface area contributed by atoms with Gasteiger partial charge in [-0.1, -0.05) is 48.5 Å². The third-order valence-electron chi connectivity index (χ3n) is 4.24. The van der Waals surface area contributed by atoms with E-state index in [-0.39, 0.29) is 0 Å². The van der Waals surface area contributed by atoms with E-state index in [1.807, 2.05) is 0 Å². The van der Waals surface area contributed by atoms with E-state index in [4.69, 9.17) is 5.73 Å². The Kier molecular flexibility index (Phi) is 4.03. The summed E-state index contributed by atoms with van der Waals surface area (Å²) in [6.45, 7) is 2.85. The number of hydrogen-bond acceptors (Lipinski definition) is 2. The van der Waals surface area contributed by atoms with E-state index in [1.165, 1.54) is 29.7 Å². The highest BCUT2D eigenvalue weighted by Crippen LogP contribution is 2.31. The zero-order valence-electron chi connectivity index (χ0n) is 11.8. The zero-order valence-corrected chi connectivity index (χ0v) is 11.8. The first-order valence-corrected chi connectivity index (χ1v) is 7.46. The second-order valence-corrected chi connectivity index (χ2v) is 5.53. The fraction of sp³-hybridized carbons (Fsp3) is 0.333. The third kappa shape index (κ3) is 2.70. The number of para-hydroxylation sites is 1. The molecule has 0 amide bonds. The maximum absolute atomic E-state index is 5.88. The average Bonchev–Trinajstić information content (AvgIpc) is 2.56. The predicted molar refractivity (Wildman–Crippen MR) is 85.0 cm³/mol. The van der Waals surface area contributed by atoms with Gasteiger partial charge in [-0.2, -0.15) is 0 Å². The molecule has 0 bridgehead atoms. The van der Waals surface area contributed by atoms with Crippen molar-refractivity contribution in [1.82, 2.24) is 0 Å². The van der Waals surface area contributed by atoms with Crippen LogP contribution in [-0.4, -0.2) is 13.1 Å². The first kappa shape index (κ1) is 13.2. The minimum Gasteiger partial charge on any atom is -0.371 e. The smallest absolute Gasteiger partial charge is 0.0411 e. The quantitative estimate of drug-likeness (QED) is 0.921. The van der Waals surface area contributed by atoms with Crippen LogP contribution in [-0.2, 0) is 6.54 Å². The van der Waals surface area contributed by atoms with Gasteiger partial charge in [0.05, 0.1) is 0 Å². The Bertz CT molecular complexity index is 550. The van der Waals surface area contributed by atoms with Crippen LogP contribution >= 0.6 is 0 Å². The van der Waals surface area contributed by atoms with Crippen molar-refractivity contribution in [2.24, 2.45) is 5.73 Å². The SMILES string of the molecule is NCc1ccccc1N1CCCC(c2ccccc2)C1. The summed E-state index contributed by atoms with van der Waals surface area (Å²) in [6, 6.07) is 19.4. The summed E-state index contributed by atoms with van der Waals surface area (Å²) >= 11 is 0. The largest absolute Gasteiger partial charge is 0.371 e. The topological polar surface area (TPSA) is 29.3 Å². The van der Waals surface area contributed by atoms with E-state index in [0.29, 0.717) is 12.5 Å². The predicted octanol–water partition coefficient (Wildman–Crippen LogP) is 3.53. The minimum absolute atomic E-state index is 0.614. The molecule has 1 atom stereocenters. The molecular weight excluding hydrogens is 244 g/mol. The van der Waals surface area contributed by atoms with Crippen molar-refractivity contribution >= 4 is 5.69 Å². The Labute approximate surface area is 121 Å². The normalized spacial score (nSPS) is 19.1. The van der Waals surface area contributed by atoms with Gasteiger partial charge in [0.15, 0.2) is 0 Å². The summed E-state index contributed by atoms with van der Waals surface area (Å²) in [7, 11) is 0. The summed E-state index contributed by atoms with van der Waals surface area (Å²) in [5.41, 5.74) is 9.90. The van der Waals surface area contributed by atoms with Gasteiger partial charge in [-0.25, -0.2) is 0 Å². The van der Waals surface area contributed by atoms with Crippen molar-refractivity contribution in [3.8, 4) is 0 Å². The molecule has 104 valence electrons. The standard InChI is InChI=1S/C18H22N2/c19-13-16-9-4-5-11-18(16)20-12-6-10-17(14-20)15-7-2-1-3-8-15/h1-5,7-9,11,17H,6,10,12-14,19H2. The molecule has 2 nitrogen and oxygen atoms in total. The van der Waals surface area contributed by atoms with Crippen molar-refractivity contribution in [1.29, 1.82) is 0 Å². The molecule has 2 aromatic rings. The first-order valence-electron chi connectivity index (χ1n) is 7.46. The highest BCUT2D eigenvalue weighted by molar-refractivity contribution is 5.54. The van der Waals surface area contributed by atoms with Gasteiger partial charge in [-0.3, -0.25) is 0 Å². The number of hydrogen-bond donors (Lipinski definition) is 1. The summed E-state index contributed by atoms with van der Waals surface area (Å²) in [6.07, 6.45) is 2.53. The summed E-state index contributed by atoms with van der Waals surface area (Å²) in [5, 5.41) is 0. The summed E-state index contributed by atoms with van der Waals surface area (Å²) in [4.78, 5) is 2.50. The lowest BCUT2D eigenvalue weighted by Gasteiger charge is -2.35. The number of piperidine rings is 1. The van der Waals surface area contributed by atoms with E-state index < -0.39 is 0 Å². The van der Waals surface area contributed by atoms with Crippen LogP contribution < -0.4 is 10.6 Å². The third-order valence-corrected chi connectivity index (χ3v) is 4.24. The number of nitrogens with two attached hydrogens (primary N) is 1. The van der Waals surface area contributed by atoms with Crippen LogP contribution in [0.5, 0.6) is 0 Å². The number of benzene rings is 2. The van der Waals surface area contributed by atoms with Gasteiger partial charge in [0, 0.05) is 31.2 Å². The molecule has 0 radical (unpaired) electrons. The van der Waals surface area contributed by atoms with Gasteiger partial charge >= 0.3 is 0 Å². The first-order chi connectivity index (χ1) is 9.88. The molecule has 3 rings (SSSR count). The molecule has 2 N–H and O–H groups in total. The molecule has 1 aliphatic heterocycles. The maximum Gasteiger partial charge on any atom is 0.0411 e. The molecule has 0 spiro atoms. The van der Waals surface area contributed by atoms with Crippen LogP contribution in [0.3, 0.4) is 0 Å². The molecule has 0 aliphatic carbocycles. The van der Waals surface area contributed by atoms with Gasteiger partial charge in [-0.15, -0.1) is 0 Å².